The summed E-state index contributed by atoms with van der Waals surface area (Å²) in [6.45, 7) is 7.83. The van der Waals surface area contributed by atoms with Crippen LogP contribution in [0, 0.1) is 46.3 Å². The van der Waals surface area contributed by atoms with Crippen LogP contribution < -0.4 is 0 Å². The topological polar surface area (TPSA) is 48.9 Å². The number of hydrogen-bond donors (Lipinski definition) is 2. The average molecular weight is 449 g/mol. The number of fused-ring (bicyclic) bond motifs is 6. The average Bonchev–Trinajstić information content (AvgIpc) is 3.38. The van der Waals surface area contributed by atoms with Gasteiger partial charge in [-0.1, -0.05) is 32.9 Å². The predicted octanol–water partition coefficient (Wildman–Crippen LogP) is 7.15. The Morgan fingerprint density at radius 3 is 2.64 bits per heavy atom. The largest absolute Gasteiger partial charge is 0.393 e. The van der Waals surface area contributed by atoms with E-state index in [1.54, 1.807) is 0 Å². The smallest absolute Gasteiger partial charge is 0.107 e. The number of aryl methyl sites for hydroxylation is 1. The van der Waals surface area contributed by atoms with Crippen LogP contribution in [0.3, 0.4) is 0 Å². The van der Waals surface area contributed by atoms with Crippen molar-refractivity contribution in [2.45, 2.75) is 97.5 Å². The summed E-state index contributed by atoms with van der Waals surface area (Å²) in [7, 11) is 0. The third-order valence-electron chi connectivity index (χ3n) is 11.7. The number of benzene rings is 1. The fourth-order valence-electron chi connectivity index (χ4n) is 9.90. The number of rotatable bonds is 4. The van der Waals surface area contributed by atoms with Crippen molar-refractivity contribution in [1.29, 1.82) is 0 Å². The van der Waals surface area contributed by atoms with Gasteiger partial charge in [-0.2, -0.15) is 0 Å². The molecule has 0 radical (unpaired) electrons. The zero-order valence-corrected chi connectivity index (χ0v) is 21.0. The van der Waals surface area contributed by atoms with E-state index in [-0.39, 0.29) is 6.10 Å². The van der Waals surface area contributed by atoms with E-state index in [9.17, 15) is 5.11 Å². The molecule has 0 spiro atoms. The maximum absolute atomic E-state index is 10.3. The Labute approximate surface area is 200 Å². The predicted molar refractivity (Wildman–Crippen MR) is 135 cm³/mol. The first-order valence-corrected chi connectivity index (χ1v) is 14.0. The van der Waals surface area contributed by atoms with Crippen LogP contribution in [0.15, 0.2) is 24.3 Å². The number of hydrogen-bond acceptors (Lipinski definition) is 2. The van der Waals surface area contributed by atoms with Crippen molar-refractivity contribution in [3.05, 3.63) is 30.1 Å². The van der Waals surface area contributed by atoms with Crippen LogP contribution >= 0.6 is 0 Å². The summed E-state index contributed by atoms with van der Waals surface area (Å²) in [6.07, 6.45) is 14.2. The fraction of sp³-hybridized carbons (Fsp3) is 0.767. The number of aliphatic hydroxyl groups is 1. The van der Waals surface area contributed by atoms with Gasteiger partial charge >= 0.3 is 0 Å². The first kappa shape index (κ1) is 22.1. The fourth-order valence-corrected chi connectivity index (χ4v) is 9.90. The highest BCUT2D eigenvalue weighted by atomic mass is 16.3. The van der Waals surface area contributed by atoms with Gasteiger partial charge < -0.3 is 10.1 Å². The molecule has 4 fully saturated rings. The number of aromatic nitrogens is 2. The van der Waals surface area contributed by atoms with Gasteiger partial charge in [-0.15, -0.1) is 0 Å². The molecule has 6 rings (SSSR count). The molecule has 180 valence electrons. The monoisotopic (exact) mass is 448 g/mol. The van der Waals surface area contributed by atoms with Crippen molar-refractivity contribution in [3.8, 4) is 0 Å². The number of H-pyrrole nitrogens is 1. The van der Waals surface area contributed by atoms with E-state index in [0.29, 0.717) is 10.8 Å². The number of aliphatic hydroxyl groups excluding tert-OH is 1. The second-order valence-electron chi connectivity index (χ2n) is 13.0. The minimum atomic E-state index is -0.0306. The summed E-state index contributed by atoms with van der Waals surface area (Å²) in [5.41, 5.74) is 3.30. The molecule has 9 atom stereocenters. The summed E-state index contributed by atoms with van der Waals surface area (Å²) in [5.74, 6) is 6.34. The van der Waals surface area contributed by atoms with Gasteiger partial charge in [0.25, 0.3) is 0 Å². The molecule has 0 saturated heterocycles. The normalized spacial score (nSPS) is 43.6. The number of imidazole rings is 1. The van der Waals surface area contributed by atoms with Gasteiger partial charge in [0.05, 0.1) is 17.1 Å². The van der Waals surface area contributed by atoms with E-state index in [0.717, 1.165) is 66.1 Å². The van der Waals surface area contributed by atoms with Crippen molar-refractivity contribution < 1.29 is 5.11 Å². The highest BCUT2D eigenvalue weighted by molar-refractivity contribution is 5.74. The lowest BCUT2D eigenvalue weighted by Crippen LogP contribution is -2.54. The van der Waals surface area contributed by atoms with Gasteiger partial charge in [0.15, 0.2) is 0 Å². The highest BCUT2D eigenvalue weighted by Crippen LogP contribution is 2.68. The number of nitrogens with one attached hydrogen (secondary N) is 1. The molecular weight excluding hydrogens is 404 g/mol. The molecule has 2 aromatic rings. The van der Waals surface area contributed by atoms with Crippen LogP contribution in [0.25, 0.3) is 11.0 Å². The molecule has 33 heavy (non-hydrogen) atoms. The summed E-state index contributed by atoms with van der Waals surface area (Å²) >= 11 is 0. The van der Waals surface area contributed by atoms with E-state index >= 15 is 0 Å². The minimum Gasteiger partial charge on any atom is -0.393 e. The first-order valence-electron chi connectivity index (χ1n) is 14.0. The molecule has 3 nitrogen and oxygen atoms in total. The quantitative estimate of drug-likeness (QED) is 0.522. The van der Waals surface area contributed by atoms with Crippen molar-refractivity contribution in [2.75, 3.05) is 0 Å². The van der Waals surface area contributed by atoms with Crippen molar-refractivity contribution in [3.63, 3.8) is 0 Å². The Morgan fingerprint density at radius 1 is 1.00 bits per heavy atom. The molecule has 1 aromatic heterocycles. The van der Waals surface area contributed by atoms with Crippen LogP contribution in [0.1, 0.15) is 90.8 Å². The standard InChI is InChI=1S/C30H44N2O/c1-19(8-13-28-31-26-6-4-5-7-27(26)32-28)23-11-12-24-22-10-9-20-18-21(33)14-16-29(20,2)25(22)15-17-30(23,24)3/h4-7,19-25,33H,8-18H2,1-3H3,(H,31,32)/t19-,20?,21-,22?,23?,24?,25?,29?,30?/m1/s1. The molecule has 4 aliphatic rings. The van der Waals surface area contributed by atoms with E-state index in [1.165, 1.54) is 56.9 Å². The Hall–Kier alpha value is -1.35. The van der Waals surface area contributed by atoms with Gasteiger partial charge in [-0.05, 0) is 123 Å². The third kappa shape index (κ3) is 3.51. The minimum absolute atomic E-state index is 0.0306. The summed E-state index contributed by atoms with van der Waals surface area (Å²) in [6, 6.07) is 8.42. The Balaban J connectivity index is 1.15. The van der Waals surface area contributed by atoms with E-state index in [2.05, 4.69) is 50.0 Å². The molecule has 4 saturated carbocycles. The van der Waals surface area contributed by atoms with E-state index in [4.69, 9.17) is 4.98 Å². The van der Waals surface area contributed by atoms with E-state index < -0.39 is 0 Å². The number of aromatic amines is 1. The summed E-state index contributed by atoms with van der Waals surface area (Å²) in [4.78, 5) is 8.39. The maximum atomic E-state index is 10.3. The van der Waals surface area contributed by atoms with Gasteiger partial charge in [0.2, 0.25) is 0 Å². The molecule has 7 unspecified atom stereocenters. The van der Waals surface area contributed by atoms with Crippen LogP contribution in [0.4, 0.5) is 0 Å². The molecular formula is C30H44N2O. The third-order valence-corrected chi connectivity index (χ3v) is 11.7. The molecule has 1 aromatic carbocycles. The van der Waals surface area contributed by atoms with E-state index in [1.807, 2.05) is 0 Å². The Bertz CT molecular complexity index is 965. The Morgan fingerprint density at radius 2 is 1.79 bits per heavy atom. The maximum Gasteiger partial charge on any atom is 0.107 e. The second kappa shape index (κ2) is 8.11. The van der Waals surface area contributed by atoms with Crippen LogP contribution in [-0.2, 0) is 6.42 Å². The highest BCUT2D eigenvalue weighted by Gasteiger charge is 2.60. The molecule has 1 heterocycles. The Kier molecular flexibility index (Phi) is 5.44. The molecule has 0 aliphatic heterocycles. The molecule has 0 bridgehead atoms. The molecule has 2 N–H and O–H groups in total. The molecule has 0 amide bonds. The van der Waals surface area contributed by atoms with Crippen LogP contribution in [0.2, 0.25) is 0 Å². The molecule has 4 aliphatic carbocycles. The summed E-state index contributed by atoms with van der Waals surface area (Å²) in [5, 5.41) is 10.3. The van der Waals surface area contributed by atoms with Gasteiger partial charge in [0.1, 0.15) is 5.82 Å². The summed E-state index contributed by atoms with van der Waals surface area (Å²) < 4.78 is 0. The van der Waals surface area contributed by atoms with Gasteiger partial charge in [-0.3, -0.25) is 0 Å². The van der Waals surface area contributed by atoms with Crippen molar-refractivity contribution in [2.24, 2.45) is 46.3 Å². The van der Waals surface area contributed by atoms with Crippen LogP contribution in [0.5, 0.6) is 0 Å². The second-order valence-corrected chi connectivity index (χ2v) is 13.0. The van der Waals surface area contributed by atoms with Crippen LogP contribution in [-0.4, -0.2) is 21.2 Å². The number of para-hydroxylation sites is 2. The number of nitrogens with zero attached hydrogens (tertiary/aromatic N) is 1. The van der Waals surface area contributed by atoms with Gasteiger partial charge in [-0.25, -0.2) is 4.98 Å². The zero-order chi connectivity index (χ0) is 22.8. The SMILES string of the molecule is C[C@H](CCc1nc2ccccc2[nH]1)C1CCC2C3CCC4C[C@H](O)CCC4(C)C3CCC21C. The lowest BCUT2D eigenvalue weighted by atomic mass is 9.44. The molecule has 3 heteroatoms. The van der Waals surface area contributed by atoms with Gasteiger partial charge in [0, 0.05) is 6.42 Å². The lowest BCUT2D eigenvalue weighted by molar-refractivity contribution is -0.129. The first-order chi connectivity index (χ1) is 15.9. The lowest BCUT2D eigenvalue weighted by Gasteiger charge is -2.61. The van der Waals surface area contributed by atoms with Crippen molar-refractivity contribution in [1.82, 2.24) is 9.97 Å². The zero-order valence-electron chi connectivity index (χ0n) is 21.0. The van der Waals surface area contributed by atoms with Crippen molar-refractivity contribution >= 4 is 11.0 Å².